The quantitative estimate of drug-likeness (QED) is 0.701. The molecule has 2 radical (unpaired) electrons. The predicted octanol–water partition coefficient (Wildman–Crippen LogP) is 1.92. The van der Waals surface area contributed by atoms with E-state index in [0.29, 0.717) is 17.1 Å². The van der Waals surface area contributed by atoms with Crippen LogP contribution in [0.2, 0.25) is 0 Å². The van der Waals surface area contributed by atoms with Crippen molar-refractivity contribution in [3.8, 4) is 11.5 Å². The number of rotatable bonds is 1. The van der Waals surface area contributed by atoms with Gasteiger partial charge in [0.15, 0.2) is 5.78 Å². The van der Waals surface area contributed by atoms with E-state index in [2.05, 4.69) is 13.8 Å². The molecular weight excluding hydrogens is 192 g/mol. The molecule has 0 spiro atoms. The number of benzene rings is 1. The highest BCUT2D eigenvalue weighted by Crippen LogP contribution is 2.35. The summed E-state index contributed by atoms with van der Waals surface area (Å²) < 4.78 is 10.5. The van der Waals surface area contributed by atoms with Crippen LogP contribution >= 0.6 is 0 Å². The third-order valence-electron chi connectivity index (χ3n) is 2.42. The summed E-state index contributed by atoms with van der Waals surface area (Å²) in [6, 6.07) is 5.10. The first-order valence-electron chi connectivity index (χ1n) is 4.61. The van der Waals surface area contributed by atoms with Crippen LogP contribution in [0.4, 0.5) is 0 Å². The smallest absolute Gasteiger partial charge is 0.176 e. The lowest BCUT2D eigenvalue weighted by Crippen LogP contribution is -2.36. The lowest BCUT2D eigenvalue weighted by molar-refractivity contribution is 0.0781. The molecule has 15 heavy (non-hydrogen) atoms. The van der Waals surface area contributed by atoms with Crippen molar-refractivity contribution in [2.75, 3.05) is 13.7 Å². The first-order valence-corrected chi connectivity index (χ1v) is 4.61. The van der Waals surface area contributed by atoms with E-state index in [1.807, 2.05) is 0 Å². The van der Waals surface area contributed by atoms with Crippen LogP contribution in [0.5, 0.6) is 11.5 Å². The highest BCUT2D eigenvalue weighted by Gasteiger charge is 2.36. The number of ether oxygens (including phenoxy) is 2. The Balaban J connectivity index is 2.46. The molecule has 0 fully saturated rings. The number of hydrogen-bond donors (Lipinski definition) is 0. The Morgan fingerprint density at radius 1 is 1.47 bits per heavy atom. The summed E-state index contributed by atoms with van der Waals surface area (Å²) in [6.45, 7) is 7.67. The van der Waals surface area contributed by atoms with Gasteiger partial charge in [0.1, 0.15) is 18.1 Å². The Morgan fingerprint density at radius 3 is 2.87 bits per heavy atom. The Hall–Kier alpha value is -1.51. The van der Waals surface area contributed by atoms with Gasteiger partial charge in [0.2, 0.25) is 0 Å². The zero-order valence-electron chi connectivity index (χ0n) is 8.58. The maximum Gasteiger partial charge on any atom is 0.176 e. The molecule has 0 atom stereocenters. The average molecular weight is 204 g/mol. The van der Waals surface area contributed by atoms with Crippen molar-refractivity contribution >= 4 is 5.78 Å². The molecule has 0 aromatic heterocycles. The molecule has 3 nitrogen and oxygen atoms in total. The molecule has 0 saturated heterocycles. The molecule has 0 saturated carbocycles. The highest BCUT2D eigenvalue weighted by atomic mass is 16.5. The number of methoxy groups -OCH3 is 1. The van der Waals surface area contributed by atoms with E-state index in [-0.39, 0.29) is 12.4 Å². The third-order valence-corrected chi connectivity index (χ3v) is 2.42. The summed E-state index contributed by atoms with van der Waals surface area (Å²) in [5, 5.41) is 0. The van der Waals surface area contributed by atoms with Gasteiger partial charge in [-0.2, -0.15) is 0 Å². The van der Waals surface area contributed by atoms with E-state index in [1.54, 1.807) is 25.3 Å². The van der Waals surface area contributed by atoms with Crippen LogP contribution in [-0.4, -0.2) is 19.5 Å². The molecule has 1 aliphatic heterocycles. The van der Waals surface area contributed by atoms with E-state index in [4.69, 9.17) is 9.47 Å². The summed E-state index contributed by atoms with van der Waals surface area (Å²) in [7, 11) is 1.57. The van der Waals surface area contributed by atoms with Gasteiger partial charge in [0.05, 0.1) is 18.1 Å². The van der Waals surface area contributed by atoms with E-state index in [1.165, 1.54) is 0 Å². The zero-order chi connectivity index (χ0) is 11.1. The van der Waals surface area contributed by atoms with Crippen molar-refractivity contribution in [1.82, 2.24) is 0 Å². The van der Waals surface area contributed by atoms with Crippen LogP contribution < -0.4 is 9.47 Å². The summed E-state index contributed by atoms with van der Waals surface area (Å²) in [5.41, 5.74) is -0.409. The number of carbonyl (C=O) groups is 1. The third kappa shape index (κ3) is 1.58. The summed E-state index contributed by atoms with van der Waals surface area (Å²) >= 11 is 0. The second-order valence-corrected chi connectivity index (χ2v) is 3.76. The Morgan fingerprint density at radius 2 is 2.20 bits per heavy atom. The largest absolute Gasteiger partial charge is 0.497 e. The highest BCUT2D eigenvalue weighted by molar-refractivity contribution is 6.04. The topological polar surface area (TPSA) is 35.5 Å². The van der Waals surface area contributed by atoms with E-state index in [9.17, 15) is 4.79 Å². The fourth-order valence-electron chi connectivity index (χ4n) is 1.50. The van der Waals surface area contributed by atoms with Gasteiger partial charge < -0.3 is 9.47 Å². The van der Waals surface area contributed by atoms with Gasteiger partial charge in [-0.15, -0.1) is 0 Å². The number of carbonyl (C=O) groups excluding carboxylic acids is 1. The number of fused-ring (bicyclic) bond motifs is 1. The van der Waals surface area contributed by atoms with E-state index >= 15 is 0 Å². The summed E-state index contributed by atoms with van der Waals surface area (Å²) in [5.74, 6) is 1.12. The van der Waals surface area contributed by atoms with E-state index < -0.39 is 5.41 Å². The minimum absolute atomic E-state index is 0.0913. The van der Waals surface area contributed by atoms with Crippen LogP contribution in [0.3, 0.4) is 0 Å². The Kier molecular flexibility index (Phi) is 2.18. The van der Waals surface area contributed by atoms with Crippen molar-refractivity contribution in [2.24, 2.45) is 5.41 Å². The first kappa shape index (κ1) is 10.0. The maximum absolute atomic E-state index is 11.9. The van der Waals surface area contributed by atoms with Crippen LogP contribution in [0, 0.1) is 19.3 Å². The van der Waals surface area contributed by atoms with Crippen LogP contribution in [0.25, 0.3) is 0 Å². The van der Waals surface area contributed by atoms with E-state index in [0.717, 1.165) is 0 Å². The van der Waals surface area contributed by atoms with Gasteiger partial charge in [0.25, 0.3) is 0 Å². The molecule has 1 aromatic rings. The normalized spacial score (nSPS) is 17.9. The van der Waals surface area contributed by atoms with Crippen LogP contribution in [0.1, 0.15) is 10.4 Å². The summed E-state index contributed by atoms with van der Waals surface area (Å²) in [4.78, 5) is 11.9. The monoisotopic (exact) mass is 204 g/mol. The average Bonchev–Trinajstić information content (AvgIpc) is 2.23. The molecule has 0 amide bonds. The predicted molar refractivity (Wildman–Crippen MR) is 56.0 cm³/mol. The number of ketones is 1. The molecule has 1 aliphatic rings. The molecular formula is C12H12O3. The fraction of sp³-hybridized carbons (Fsp3) is 0.250. The van der Waals surface area contributed by atoms with Crippen molar-refractivity contribution in [3.63, 3.8) is 0 Å². The van der Waals surface area contributed by atoms with Crippen LogP contribution in [-0.2, 0) is 0 Å². The molecule has 0 N–H and O–H groups in total. The number of hydrogen-bond acceptors (Lipinski definition) is 3. The minimum Gasteiger partial charge on any atom is -0.497 e. The van der Waals surface area contributed by atoms with Gasteiger partial charge in [-0.1, -0.05) is 0 Å². The lowest BCUT2D eigenvalue weighted by atomic mass is 9.83. The maximum atomic E-state index is 11.9. The number of Topliss-reactive ketones (excluding diaryl/α,β-unsaturated/α-hetero) is 1. The van der Waals surface area contributed by atoms with Gasteiger partial charge in [0, 0.05) is 6.07 Å². The summed E-state index contributed by atoms with van der Waals surface area (Å²) in [6.07, 6.45) is 0. The standard InChI is InChI=1S/C12H12O3/c1-12(2)7-15-10-6-8(14-3)4-5-9(10)11(12)13/h4-6H,1-2,7H2,3H3. The molecule has 3 heteroatoms. The molecule has 1 heterocycles. The second kappa shape index (κ2) is 3.26. The van der Waals surface area contributed by atoms with Crippen molar-refractivity contribution < 1.29 is 14.3 Å². The minimum atomic E-state index is -0.929. The van der Waals surface area contributed by atoms with Gasteiger partial charge >= 0.3 is 0 Å². The molecule has 0 aliphatic carbocycles. The SMILES string of the molecule is [CH2]C1([CH2])COc2cc(OC)ccc2C1=O. The Bertz CT molecular complexity index is 407. The molecule has 78 valence electrons. The van der Waals surface area contributed by atoms with Crippen molar-refractivity contribution in [3.05, 3.63) is 37.6 Å². The lowest BCUT2D eigenvalue weighted by Gasteiger charge is -2.29. The molecule has 0 bridgehead atoms. The first-order chi connectivity index (χ1) is 7.04. The molecule has 0 unspecified atom stereocenters. The fourth-order valence-corrected chi connectivity index (χ4v) is 1.50. The van der Waals surface area contributed by atoms with Gasteiger partial charge in [-0.3, -0.25) is 4.79 Å². The van der Waals surface area contributed by atoms with Crippen LogP contribution in [0.15, 0.2) is 18.2 Å². The van der Waals surface area contributed by atoms with Gasteiger partial charge in [-0.05, 0) is 26.0 Å². The Labute approximate surface area is 89.0 Å². The van der Waals surface area contributed by atoms with Crippen molar-refractivity contribution in [1.29, 1.82) is 0 Å². The molecule has 1 aromatic carbocycles. The van der Waals surface area contributed by atoms with Gasteiger partial charge in [-0.25, -0.2) is 0 Å². The van der Waals surface area contributed by atoms with Crippen molar-refractivity contribution in [2.45, 2.75) is 0 Å². The second-order valence-electron chi connectivity index (χ2n) is 3.76. The molecule has 2 rings (SSSR count). The zero-order valence-corrected chi connectivity index (χ0v) is 8.58.